The molecule has 1 heteroatoms. The summed E-state index contributed by atoms with van der Waals surface area (Å²) in [6, 6.07) is 8.15. The monoisotopic (exact) mass is 236 g/mol. The molecule has 0 radical (unpaired) electrons. The smallest absolute Gasteiger partial charge is 0.119 e. The van der Waals surface area contributed by atoms with E-state index in [-0.39, 0.29) is 5.41 Å². The highest BCUT2D eigenvalue weighted by molar-refractivity contribution is 5.27. The Morgan fingerprint density at radius 2 is 1.65 bits per heavy atom. The van der Waals surface area contributed by atoms with Crippen molar-refractivity contribution in [3.05, 3.63) is 29.8 Å². The summed E-state index contributed by atoms with van der Waals surface area (Å²) in [5.41, 5.74) is 1.47. The van der Waals surface area contributed by atoms with Crippen molar-refractivity contribution in [3.8, 4) is 5.75 Å². The number of hydrogen-bond donors (Lipinski definition) is 0. The third-order valence-electron chi connectivity index (χ3n) is 2.16. The lowest BCUT2D eigenvalue weighted by molar-refractivity contribution is 0.198. The zero-order valence-corrected chi connectivity index (χ0v) is 12.3. The van der Waals surface area contributed by atoms with Crippen LogP contribution in [0.5, 0.6) is 5.75 Å². The second-order valence-electron chi connectivity index (χ2n) is 5.67. The largest absolute Gasteiger partial charge is 0.493 e. The van der Waals surface area contributed by atoms with Crippen LogP contribution in [0.4, 0.5) is 0 Å². The van der Waals surface area contributed by atoms with Crippen LogP contribution >= 0.6 is 0 Å². The summed E-state index contributed by atoms with van der Waals surface area (Å²) in [5, 5.41) is 0. The van der Waals surface area contributed by atoms with E-state index in [4.69, 9.17) is 4.74 Å². The summed E-state index contributed by atoms with van der Waals surface area (Å²) in [6.07, 6.45) is 2.64. The molecule has 0 N–H and O–H groups in total. The van der Waals surface area contributed by atoms with Crippen LogP contribution in [0.3, 0.4) is 0 Å². The number of benzene rings is 1. The van der Waals surface area contributed by atoms with Crippen molar-refractivity contribution in [2.75, 3.05) is 6.61 Å². The van der Waals surface area contributed by atoms with Gasteiger partial charge in [-0.15, -0.1) is 0 Å². The predicted octanol–water partition coefficient (Wildman–Crippen LogP) is 5.23. The summed E-state index contributed by atoms with van der Waals surface area (Å²) < 4.78 is 5.65. The summed E-state index contributed by atoms with van der Waals surface area (Å²) >= 11 is 0. The van der Waals surface area contributed by atoms with E-state index in [1.807, 2.05) is 12.1 Å². The molecule has 0 atom stereocenters. The van der Waals surface area contributed by atoms with Crippen LogP contribution in [0.25, 0.3) is 0 Å². The van der Waals surface area contributed by atoms with E-state index in [2.05, 4.69) is 53.7 Å². The fraction of sp³-hybridized carbons (Fsp3) is 0.625. The molecule has 17 heavy (non-hydrogen) atoms. The van der Waals surface area contributed by atoms with Gasteiger partial charge in [-0.1, -0.05) is 59.6 Å². The minimum absolute atomic E-state index is 0.226. The van der Waals surface area contributed by atoms with Gasteiger partial charge in [0.25, 0.3) is 0 Å². The highest BCUT2D eigenvalue weighted by Gasteiger charge is 2.10. The fourth-order valence-corrected chi connectivity index (χ4v) is 1.00. The lowest BCUT2D eigenvalue weighted by atomic mass is 9.99. The average Bonchev–Trinajstić information content (AvgIpc) is 2.26. The molecule has 1 rings (SSSR count). The minimum atomic E-state index is 0.226. The van der Waals surface area contributed by atoms with Crippen molar-refractivity contribution in [3.63, 3.8) is 0 Å². The first-order valence-corrected chi connectivity index (χ1v) is 6.58. The lowest BCUT2D eigenvalue weighted by Crippen LogP contribution is -2.16. The first-order chi connectivity index (χ1) is 7.89. The molecular formula is C16H28O. The molecule has 0 bridgehead atoms. The predicted molar refractivity (Wildman–Crippen MR) is 76.7 cm³/mol. The first kappa shape index (κ1) is 16.0. The van der Waals surface area contributed by atoms with Gasteiger partial charge in [0.05, 0.1) is 6.61 Å². The minimum Gasteiger partial charge on any atom is -0.493 e. The Bertz CT molecular complexity index is 295. The normalized spacial score (nSPS) is 10.5. The van der Waals surface area contributed by atoms with Crippen molar-refractivity contribution in [2.45, 2.75) is 54.4 Å². The van der Waals surface area contributed by atoms with E-state index in [0.717, 1.165) is 12.4 Å². The van der Waals surface area contributed by atoms with E-state index in [1.165, 1.54) is 18.4 Å². The molecule has 1 nitrogen and oxygen atoms in total. The Kier molecular flexibility index (Phi) is 7.69. The van der Waals surface area contributed by atoms with Gasteiger partial charge in [-0.25, -0.2) is 0 Å². The van der Waals surface area contributed by atoms with Crippen LogP contribution in [0.15, 0.2) is 24.3 Å². The third kappa shape index (κ3) is 9.92. The molecule has 1 aromatic rings. The van der Waals surface area contributed by atoms with Crippen LogP contribution < -0.4 is 4.74 Å². The number of hydrogen-bond acceptors (Lipinski definition) is 1. The molecule has 0 saturated carbocycles. The molecular weight excluding hydrogens is 208 g/mol. The van der Waals surface area contributed by atoms with Gasteiger partial charge in [0.1, 0.15) is 5.75 Å². The maximum absolute atomic E-state index is 5.65. The number of ether oxygens (including phenoxy) is 1. The molecule has 98 valence electrons. The summed E-state index contributed by atoms with van der Waals surface area (Å²) in [7, 11) is 0. The molecule has 0 aliphatic rings. The van der Waals surface area contributed by atoms with Gasteiger partial charge < -0.3 is 4.74 Å². The highest BCUT2D eigenvalue weighted by atomic mass is 16.5. The van der Waals surface area contributed by atoms with Crippen LogP contribution in [0.2, 0.25) is 0 Å². The van der Waals surface area contributed by atoms with E-state index < -0.39 is 0 Å². The summed E-state index contributed by atoms with van der Waals surface area (Å²) in [4.78, 5) is 0. The van der Waals surface area contributed by atoms with Gasteiger partial charge in [-0.2, -0.15) is 0 Å². The molecule has 0 aliphatic heterocycles. The van der Waals surface area contributed by atoms with Crippen LogP contribution in [0, 0.1) is 12.3 Å². The van der Waals surface area contributed by atoms with Crippen LogP contribution in [-0.2, 0) is 0 Å². The van der Waals surface area contributed by atoms with Crippen molar-refractivity contribution >= 4 is 0 Å². The van der Waals surface area contributed by atoms with E-state index in [9.17, 15) is 0 Å². The summed E-state index contributed by atoms with van der Waals surface area (Å²) in [6.45, 7) is 13.7. The Morgan fingerprint density at radius 3 is 2.06 bits per heavy atom. The molecule has 0 fully saturated rings. The number of aryl methyl sites for hydroxylation is 1. The molecule has 0 unspecified atom stereocenters. The van der Waals surface area contributed by atoms with Crippen molar-refractivity contribution in [2.24, 2.45) is 5.41 Å². The molecule has 0 heterocycles. The van der Waals surface area contributed by atoms with Gasteiger partial charge in [0, 0.05) is 0 Å². The zero-order chi connectivity index (χ0) is 13.3. The van der Waals surface area contributed by atoms with Crippen molar-refractivity contribution in [1.29, 1.82) is 0 Å². The van der Waals surface area contributed by atoms with Crippen molar-refractivity contribution < 1.29 is 4.74 Å². The Balaban J connectivity index is 0.000000557. The Hall–Kier alpha value is -0.980. The summed E-state index contributed by atoms with van der Waals surface area (Å²) in [5.74, 6) is 0.968. The molecule has 1 aromatic carbocycles. The van der Waals surface area contributed by atoms with Crippen LogP contribution in [-0.4, -0.2) is 6.61 Å². The number of unbranched alkanes of at least 4 members (excludes halogenated alkanes) is 1. The topological polar surface area (TPSA) is 9.23 Å². The average molecular weight is 236 g/mol. The molecule has 0 saturated heterocycles. The molecule has 0 amide bonds. The van der Waals surface area contributed by atoms with E-state index in [0.29, 0.717) is 0 Å². The maximum Gasteiger partial charge on any atom is 0.119 e. The van der Waals surface area contributed by atoms with Gasteiger partial charge >= 0.3 is 0 Å². The highest BCUT2D eigenvalue weighted by Crippen LogP contribution is 2.18. The Morgan fingerprint density at radius 1 is 1.06 bits per heavy atom. The molecule has 0 aliphatic carbocycles. The lowest BCUT2D eigenvalue weighted by Gasteiger charge is -2.18. The SMILES string of the molecule is CCCC.Cc1cccc(OCC(C)(C)C)c1. The third-order valence-corrected chi connectivity index (χ3v) is 2.16. The van der Waals surface area contributed by atoms with E-state index >= 15 is 0 Å². The van der Waals surface area contributed by atoms with Gasteiger partial charge in [0.15, 0.2) is 0 Å². The Labute approximate surface area is 107 Å². The van der Waals surface area contributed by atoms with Gasteiger partial charge in [-0.05, 0) is 30.0 Å². The molecule has 0 aromatic heterocycles. The standard InChI is InChI=1S/C12H18O.C4H10/c1-10-6-5-7-11(8-10)13-9-12(2,3)4;1-3-4-2/h5-8H,9H2,1-4H3;3-4H2,1-2H3. The number of rotatable bonds is 3. The quantitative estimate of drug-likeness (QED) is 0.698. The fourth-order valence-electron chi connectivity index (χ4n) is 1.00. The van der Waals surface area contributed by atoms with E-state index in [1.54, 1.807) is 0 Å². The van der Waals surface area contributed by atoms with Gasteiger partial charge in [0.2, 0.25) is 0 Å². The van der Waals surface area contributed by atoms with Crippen LogP contribution in [0.1, 0.15) is 53.0 Å². The van der Waals surface area contributed by atoms with Gasteiger partial charge in [-0.3, -0.25) is 0 Å². The molecule has 0 spiro atoms. The second kappa shape index (κ2) is 8.16. The first-order valence-electron chi connectivity index (χ1n) is 6.58. The van der Waals surface area contributed by atoms with Crippen molar-refractivity contribution in [1.82, 2.24) is 0 Å². The second-order valence-corrected chi connectivity index (χ2v) is 5.67. The zero-order valence-electron chi connectivity index (χ0n) is 12.3. The maximum atomic E-state index is 5.65.